The van der Waals surface area contributed by atoms with E-state index in [4.69, 9.17) is 4.74 Å². The number of likely N-dealkylation sites (tertiary alicyclic amines) is 1. The molecule has 0 unspecified atom stereocenters. The van der Waals surface area contributed by atoms with Crippen LogP contribution in [0.15, 0.2) is 54.4 Å². The van der Waals surface area contributed by atoms with Crippen LogP contribution in [0, 0.1) is 10.1 Å². The molecular weight excluding hydrogens is 402 g/mol. The minimum Gasteiger partial charge on any atom is -0.507 e. The van der Waals surface area contributed by atoms with Gasteiger partial charge in [0.1, 0.15) is 5.76 Å². The van der Waals surface area contributed by atoms with Crippen LogP contribution in [0.5, 0.6) is 0 Å². The highest BCUT2D eigenvalue weighted by Gasteiger charge is 2.45. The number of nitrogens with zero attached hydrogens (tertiary/aromatic N) is 3. The van der Waals surface area contributed by atoms with Gasteiger partial charge >= 0.3 is 0 Å². The Kier molecular flexibility index (Phi) is 6.76. The third kappa shape index (κ3) is 4.77. The number of carbonyl (C=O) groups is 2. The molecule has 1 aliphatic rings. The Labute approximate surface area is 179 Å². The first-order chi connectivity index (χ1) is 14.8. The number of benzene rings is 1. The van der Waals surface area contributed by atoms with Crippen LogP contribution in [0.3, 0.4) is 0 Å². The topological polar surface area (TPSA) is 123 Å². The second kappa shape index (κ2) is 9.48. The molecule has 0 spiro atoms. The van der Waals surface area contributed by atoms with Crippen LogP contribution in [-0.4, -0.2) is 50.9 Å². The molecule has 2 heterocycles. The highest BCUT2D eigenvalue weighted by molar-refractivity contribution is 6.46. The number of Topliss-reactive ketones (excluding diaryl/α,β-unsaturated/α-hetero) is 1. The van der Waals surface area contributed by atoms with Gasteiger partial charge in [-0.15, -0.1) is 0 Å². The number of hydrogen-bond acceptors (Lipinski definition) is 7. The average molecular weight is 425 g/mol. The van der Waals surface area contributed by atoms with Crippen molar-refractivity contribution >= 4 is 23.1 Å². The summed E-state index contributed by atoms with van der Waals surface area (Å²) in [6.45, 7) is 4.49. The Morgan fingerprint density at radius 1 is 1.26 bits per heavy atom. The number of rotatable bonds is 8. The van der Waals surface area contributed by atoms with Crippen LogP contribution in [0.25, 0.3) is 5.76 Å². The van der Waals surface area contributed by atoms with Crippen LogP contribution in [0.4, 0.5) is 5.69 Å². The lowest BCUT2D eigenvalue weighted by Gasteiger charge is -2.25. The average Bonchev–Trinajstić information content (AvgIpc) is 3.01. The van der Waals surface area contributed by atoms with Gasteiger partial charge in [0.05, 0.1) is 22.6 Å². The summed E-state index contributed by atoms with van der Waals surface area (Å²) in [6, 6.07) is 7.74. The zero-order valence-corrected chi connectivity index (χ0v) is 17.2. The third-order valence-electron chi connectivity index (χ3n) is 4.89. The number of aromatic nitrogens is 1. The number of non-ortho nitro benzene ring substituents is 1. The molecule has 2 aromatic rings. The number of aliphatic hydroxyl groups is 1. The molecule has 3 rings (SSSR count). The Bertz CT molecular complexity index is 1000. The molecule has 1 N–H and O–H groups in total. The molecule has 1 aromatic heterocycles. The summed E-state index contributed by atoms with van der Waals surface area (Å²) in [5.74, 6) is -1.92. The molecule has 1 aliphatic heterocycles. The van der Waals surface area contributed by atoms with Crippen molar-refractivity contribution in [3.05, 3.63) is 75.6 Å². The van der Waals surface area contributed by atoms with Crippen molar-refractivity contribution < 1.29 is 24.4 Å². The molecular formula is C22H23N3O6. The van der Waals surface area contributed by atoms with E-state index in [9.17, 15) is 24.8 Å². The van der Waals surface area contributed by atoms with Crippen LogP contribution in [-0.2, 0) is 14.3 Å². The molecule has 31 heavy (non-hydrogen) atoms. The Morgan fingerprint density at radius 2 is 1.97 bits per heavy atom. The van der Waals surface area contributed by atoms with Crippen molar-refractivity contribution in [2.45, 2.75) is 32.4 Å². The van der Waals surface area contributed by atoms with E-state index in [0.717, 1.165) is 0 Å². The van der Waals surface area contributed by atoms with Gasteiger partial charge in [0.25, 0.3) is 17.4 Å². The van der Waals surface area contributed by atoms with Gasteiger partial charge in [0, 0.05) is 43.2 Å². The highest BCUT2D eigenvalue weighted by atomic mass is 16.6. The molecule has 1 fully saturated rings. The summed E-state index contributed by atoms with van der Waals surface area (Å²) >= 11 is 0. The number of ether oxygens (including phenoxy) is 1. The standard InChI is InChI=1S/C22H23N3O6/c1-14(2)31-12-4-11-24-19(16-5-3-10-23-13-16)18(21(27)22(24)28)20(26)15-6-8-17(9-7-15)25(29)30/h3,5-10,13-14,19,26H,4,11-12H2,1-2H3/t19-/m1/s1. The van der Waals surface area contributed by atoms with Crippen molar-refractivity contribution in [3.63, 3.8) is 0 Å². The molecule has 1 amide bonds. The number of amides is 1. The number of carbonyl (C=O) groups excluding carboxylic acids is 2. The molecule has 0 saturated carbocycles. The van der Waals surface area contributed by atoms with E-state index in [0.29, 0.717) is 18.6 Å². The lowest BCUT2D eigenvalue weighted by molar-refractivity contribution is -0.384. The van der Waals surface area contributed by atoms with Crippen molar-refractivity contribution in [1.29, 1.82) is 0 Å². The summed E-state index contributed by atoms with van der Waals surface area (Å²) in [7, 11) is 0. The zero-order valence-electron chi connectivity index (χ0n) is 17.2. The molecule has 9 nitrogen and oxygen atoms in total. The van der Waals surface area contributed by atoms with Crippen LogP contribution in [0.2, 0.25) is 0 Å². The number of nitro benzene ring substituents is 1. The Hall–Kier alpha value is -3.59. The largest absolute Gasteiger partial charge is 0.507 e. The second-order valence-electron chi connectivity index (χ2n) is 7.36. The molecule has 1 aromatic carbocycles. The molecule has 9 heteroatoms. The summed E-state index contributed by atoms with van der Waals surface area (Å²) in [5, 5.41) is 21.8. The van der Waals surface area contributed by atoms with E-state index >= 15 is 0 Å². The second-order valence-corrected chi connectivity index (χ2v) is 7.36. The first kappa shape index (κ1) is 22.1. The fourth-order valence-electron chi connectivity index (χ4n) is 3.45. The molecule has 1 atom stereocenters. The van der Waals surface area contributed by atoms with Crippen LogP contribution >= 0.6 is 0 Å². The van der Waals surface area contributed by atoms with Gasteiger partial charge < -0.3 is 14.7 Å². The van der Waals surface area contributed by atoms with Gasteiger partial charge in [0.15, 0.2) is 0 Å². The van der Waals surface area contributed by atoms with Crippen molar-refractivity contribution in [2.24, 2.45) is 0 Å². The lowest BCUT2D eigenvalue weighted by atomic mass is 9.96. The van der Waals surface area contributed by atoms with E-state index in [2.05, 4.69) is 4.98 Å². The number of aliphatic hydroxyl groups excluding tert-OH is 1. The van der Waals surface area contributed by atoms with Crippen molar-refractivity contribution in [2.75, 3.05) is 13.2 Å². The first-order valence-corrected chi connectivity index (χ1v) is 9.86. The minimum absolute atomic E-state index is 0.0478. The van der Waals surface area contributed by atoms with Gasteiger partial charge in [-0.05, 0) is 44.0 Å². The highest BCUT2D eigenvalue weighted by Crippen LogP contribution is 2.39. The van der Waals surface area contributed by atoms with Gasteiger partial charge in [-0.3, -0.25) is 24.7 Å². The fraction of sp³-hybridized carbons (Fsp3) is 0.318. The van der Waals surface area contributed by atoms with E-state index in [1.54, 1.807) is 18.3 Å². The van der Waals surface area contributed by atoms with Crippen molar-refractivity contribution in [3.8, 4) is 0 Å². The molecule has 0 bridgehead atoms. The van der Waals surface area contributed by atoms with E-state index < -0.39 is 22.7 Å². The number of ketones is 1. The van der Waals surface area contributed by atoms with Crippen LogP contribution < -0.4 is 0 Å². The summed E-state index contributed by atoms with van der Waals surface area (Å²) in [6.07, 6.45) is 3.67. The number of nitro groups is 1. The molecule has 0 radical (unpaired) electrons. The Balaban J connectivity index is 2.00. The minimum atomic E-state index is -0.817. The van der Waals surface area contributed by atoms with Gasteiger partial charge in [-0.25, -0.2) is 0 Å². The van der Waals surface area contributed by atoms with Gasteiger partial charge in [-0.2, -0.15) is 0 Å². The number of pyridine rings is 1. The SMILES string of the molecule is CC(C)OCCCN1C(=O)C(=O)C(=C(O)c2ccc([N+](=O)[O-])cc2)[C@H]1c1cccnc1. The summed E-state index contributed by atoms with van der Waals surface area (Å²) in [5.41, 5.74) is 0.568. The predicted molar refractivity (Wildman–Crippen MR) is 112 cm³/mol. The maximum atomic E-state index is 12.9. The first-order valence-electron chi connectivity index (χ1n) is 9.86. The molecule has 1 saturated heterocycles. The maximum absolute atomic E-state index is 12.9. The lowest BCUT2D eigenvalue weighted by Crippen LogP contribution is -2.31. The quantitative estimate of drug-likeness (QED) is 0.172. The predicted octanol–water partition coefficient (Wildman–Crippen LogP) is 3.23. The monoisotopic (exact) mass is 425 g/mol. The smallest absolute Gasteiger partial charge is 0.295 e. The normalized spacial score (nSPS) is 18.0. The molecule has 162 valence electrons. The fourth-order valence-corrected chi connectivity index (χ4v) is 3.45. The summed E-state index contributed by atoms with van der Waals surface area (Å²) in [4.78, 5) is 41.5. The Morgan fingerprint density at radius 3 is 2.55 bits per heavy atom. The van der Waals surface area contributed by atoms with E-state index in [1.165, 1.54) is 35.4 Å². The van der Waals surface area contributed by atoms with E-state index in [1.807, 2.05) is 13.8 Å². The van der Waals surface area contributed by atoms with Gasteiger partial charge in [0.2, 0.25) is 0 Å². The van der Waals surface area contributed by atoms with Crippen molar-refractivity contribution in [1.82, 2.24) is 9.88 Å². The summed E-state index contributed by atoms with van der Waals surface area (Å²) < 4.78 is 5.53. The van der Waals surface area contributed by atoms with Gasteiger partial charge in [-0.1, -0.05) is 6.07 Å². The number of hydrogen-bond donors (Lipinski definition) is 1. The maximum Gasteiger partial charge on any atom is 0.295 e. The van der Waals surface area contributed by atoms with Crippen LogP contribution in [0.1, 0.15) is 37.4 Å². The van der Waals surface area contributed by atoms with E-state index in [-0.39, 0.29) is 35.2 Å². The zero-order chi connectivity index (χ0) is 22.5. The molecule has 0 aliphatic carbocycles. The third-order valence-corrected chi connectivity index (χ3v) is 4.89.